The number of nitrogens with one attached hydrogen (secondary N) is 2. The molecule has 0 aliphatic carbocycles. The Morgan fingerprint density at radius 3 is 2.70 bits per heavy atom. The lowest BCUT2D eigenvalue weighted by molar-refractivity contribution is -0.116. The minimum atomic E-state index is -0.720. The van der Waals surface area contributed by atoms with Crippen molar-refractivity contribution in [3.8, 4) is 0 Å². The predicted octanol–water partition coefficient (Wildman–Crippen LogP) is 3.38. The number of benzene rings is 2. The van der Waals surface area contributed by atoms with Crippen LogP contribution in [-0.4, -0.2) is 5.91 Å². The van der Waals surface area contributed by atoms with Gasteiger partial charge in [-0.25, -0.2) is 8.78 Å². The second kappa shape index (κ2) is 4.59. The Morgan fingerprint density at radius 1 is 1.15 bits per heavy atom. The molecule has 1 amide bonds. The van der Waals surface area contributed by atoms with E-state index in [9.17, 15) is 13.6 Å². The summed E-state index contributed by atoms with van der Waals surface area (Å²) in [4.78, 5) is 11.9. The molecule has 0 saturated carbocycles. The standard InChI is InChI=1S/C15H12F2N2O/c1-8-2-5-12(11(17)6-8)18-14-10-4-3-9(16)7-13(10)19-15(14)20/h2-7,14,18H,1H3,(H,19,20). The van der Waals surface area contributed by atoms with Crippen molar-refractivity contribution in [2.75, 3.05) is 10.6 Å². The van der Waals surface area contributed by atoms with Crippen LogP contribution < -0.4 is 10.6 Å². The lowest BCUT2D eigenvalue weighted by Gasteiger charge is -2.14. The zero-order chi connectivity index (χ0) is 14.3. The molecule has 3 rings (SSSR count). The molecule has 0 fully saturated rings. The second-order valence-corrected chi connectivity index (χ2v) is 4.78. The SMILES string of the molecule is Cc1ccc(NC2C(=O)Nc3cc(F)ccc32)c(F)c1. The van der Waals surface area contributed by atoms with Gasteiger partial charge in [-0.05, 0) is 36.8 Å². The first-order valence-corrected chi connectivity index (χ1v) is 6.17. The summed E-state index contributed by atoms with van der Waals surface area (Å²) >= 11 is 0. The molecule has 1 atom stereocenters. The maximum atomic E-state index is 13.8. The monoisotopic (exact) mass is 274 g/mol. The third-order valence-corrected chi connectivity index (χ3v) is 3.27. The molecule has 0 bridgehead atoms. The predicted molar refractivity (Wildman–Crippen MR) is 72.5 cm³/mol. The van der Waals surface area contributed by atoms with Crippen LogP contribution >= 0.6 is 0 Å². The van der Waals surface area contributed by atoms with Crippen LogP contribution in [-0.2, 0) is 4.79 Å². The van der Waals surface area contributed by atoms with Gasteiger partial charge in [0.2, 0.25) is 0 Å². The minimum Gasteiger partial charge on any atom is -0.368 e. The summed E-state index contributed by atoms with van der Waals surface area (Å²) in [7, 11) is 0. The van der Waals surface area contributed by atoms with Crippen molar-refractivity contribution < 1.29 is 13.6 Å². The van der Waals surface area contributed by atoms with Crippen LogP contribution in [0.4, 0.5) is 20.2 Å². The van der Waals surface area contributed by atoms with E-state index in [1.165, 1.54) is 24.3 Å². The number of carbonyl (C=O) groups is 1. The Labute approximate surface area is 114 Å². The van der Waals surface area contributed by atoms with Crippen LogP contribution in [0.3, 0.4) is 0 Å². The molecule has 0 spiro atoms. The van der Waals surface area contributed by atoms with Gasteiger partial charge in [-0.15, -0.1) is 0 Å². The maximum Gasteiger partial charge on any atom is 0.251 e. The number of fused-ring (bicyclic) bond motifs is 1. The zero-order valence-electron chi connectivity index (χ0n) is 10.7. The van der Waals surface area contributed by atoms with Crippen LogP contribution in [0.2, 0.25) is 0 Å². The van der Waals surface area contributed by atoms with E-state index in [0.717, 1.165) is 5.56 Å². The molecule has 20 heavy (non-hydrogen) atoms. The van der Waals surface area contributed by atoms with Crippen LogP contribution in [0.5, 0.6) is 0 Å². The van der Waals surface area contributed by atoms with E-state index in [1.54, 1.807) is 19.1 Å². The van der Waals surface area contributed by atoms with Crippen molar-refractivity contribution in [3.63, 3.8) is 0 Å². The molecular formula is C15H12F2N2O. The van der Waals surface area contributed by atoms with E-state index in [1.807, 2.05) is 0 Å². The fourth-order valence-corrected chi connectivity index (χ4v) is 2.27. The van der Waals surface area contributed by atoms with Crippen molar-refractivity contribution >= 4 is 17.3 Å². The van der Waals surface area contributed by atoms with Crippen molar-refractivity contribution in [2.45, 2.75) is 13.0 Å². The van der Waals surface area contributed by atoms with Crippen molar-refractivity contribution in [1.82, 2.24) is 0 Å². The molecule has 1 aliphatic rings. The first kappa shape index (κ1) is 12.6. The average Bonchev–Trinajstić information content (AvgIpc) is 2.68. The smallest absolute Gasteiger partial charge is 0.251 e. The van der Waals surface area contributed by atoms with Gasteiger partial charge in [-0.2, -0.15) is 0 Å². The lowest BCUT2D eigenvalue weighted by Crippen LogP contribution is -2.20. The molecule has 102 valence electrons. The Bertz CT molecular complexity index is 700. The van der Waals surface area contributed by atoms with Gasteiger partial charge in [-0.3, -0.25) is 4.79 Å². The summed E-state index contributed by atoms with van der Waals surface area (Å²) in [5, 5.41) is 5.43. The van der Waals surface area contributed by atoms with Gasteiger partial charge in [0.15, 0.2) is 0 Å². The molecule has 1 aliphatic heterocycles. The molecular weight excluding hydrogens is 262 g/mol. The third kappa shape index (κ3) is 2.11. The first-order chi connectivity index (χ1) is 9.54. The molecule has 0 radical (unpaired) electrons. The molecule has 2 aromatic carbocycles. The fourth-order valence-electron chi connectivity index (χ4n) is 2.27. The first-order valence-electron chi connectivity index (χ1n) is 6.17. The number of carbonyl (C=O) groups excluding carboxylic acids is 1. The quantitative estimate of drug-likeness (QED) is 0.881. The number of aryl methyl sites for hydroxylation is 1. The van der Waals surface area contributed by atoms with Crippen molar-refractivity contribution in [2.24, 2.45) is 0 Å². The summed E-state index contributed by atoms with van der Waals surface area (Å²) in [6.45, 7) is 1.78. The van der Waals surface area contributed by atoms with E-state index in [2.05, 4.69) is 10.6 Å². The topological polar surface area (TPSA) is 41.1 Å². The van der Waals surface area contributed by atoms with Crippen molar-refractivity contribution in [3.05, 3.63) is 59.2 Å². The zero-order valence-corrected chi connectivity index (χ0v) is 10.7. The lowest BCUT2D eigenvalue weighted by atomic mass is 10.1. The number of amides is 1. The van der Waals surface area contributed by atoms with Gasteiger partial charge in [0.05, 0.1) is 5.69 Å². The molecule has 2 aromatic rings. The Hall–Kier alpha value is -2.43. The Kier molecular flexibility index (Phi) is 2.89. The van der Waals surface area contributed by atoms with Gasteiger partial charge in [-0.1, -0.05) is 12.1 Å². The molecule has 1 unspecified atom stereocenters. The number of halogens is 2. The van der Waals surface area contributed by atoms with E-state index in [-0.39, 0.29) is 11.6 Å². The van der Waals surface area contributed by atoms with Gasteiger partial charge in [0, 0.05) is 11.3 Å². The second-order valence-electron chi connectivity index (χ2n) is 4.78. The minimum absolute atomic E-state index is 0.243. The van der Waals surface area contributed by atoms with Crippen LogP contribution in [0, 0.1) is 18.6 Å². The normalized spacial score (nSPS) is 16.8. The van der Waals surface area contributed by atoms with Crippen LogP contribution in [0.25, 0.3) is 0 Å². The molecule has 1 heterocycles. The summed E-state index contributed by atoms with van der Waals surface area (Å²) in [6, 6.07) is 8.05. The average molecular weight is 274 g/mol. The van der Waals surface area contributed by atoms with E-state index >= 15 is 0 Å². The van der Waals surface area contributed by atoms with Crippen LogP contribution in [0.1, 0.15) is 17.2 Å². The third-order valence-electron chi connectivity index (χ3n) is 3.27. The maximum absolute atomic E-state index is 13.8. The van der Waals surface area contributed by atoms with E-state index in [0.29, 0.717) is 11.3 Å². The summed E-state index contributed by atoms with van der Waals surface area (Å²) in [5.74, 6) is -1.18. The largest absolute Gasteiger partial charge is 0.368 e. The summed E-state index contributed by atoms with van der Waals surface area (Å²) < 4.78 is 26.9. The van der Waals surface area contributed by atoms with Crippen LogP contribution in [0.15, 0.2) is 36.4 Å². The number of hydrogen-bond acceptors (Lipinski definition) is 2. The van der Waals surface area contributed by atoms with Gasteiger partial charge < -0.3 is 10.6 Å². The summed E-state index contributed by atoms with van der Waals surface area (Å²) in [6.07, 6.45) is 0. The Morgan fingerprint density at radius 2 is 1.95 bits per heavy atom. The van der Waals surface area contributed by atoms with E-state index in [4.69, 9.17) is 0 Å². The summed E-state index contributed by atoms with van der Waals surface area (Å²) in [5.41, 5.74) is 2.07. The highest BCUT2D eigenvalue weighted by atomic mass is 19.1. The van der Waals surface area contributed by atoms with Gasteiger partial charge in [0.25, 0.3) is 5.91 Å². The van der Waals surface area contributed by atoms with Crippen molar-refractivity contribution in [1.29, 1.82) is 0 Å². The van der Waals surface area contributed by atoms with E-state index < -0.39 is 17.7 Å². The molecule has 3 nitrogen and oxygen atoms in total. The molecule has 2 N–H and O–H groups in total. The highest BCUT2D eigenvalue weighted by Crippen LogP contribution is 2.34. The molecule has 0 saturated heterocycles. The number of hydrogen-bond donors (Lipinski definition) is 2. The molecule has 5 heteroatoms. The van der Waals surface area contributed by atoms with Gasteiger partial charge in [0.1, 0.15) is 17.7 Å². The fraction of sp³-hybridized carbons (Fsp3) is 0.133. The highest BCUT2D eigenvalue weighted by molar-refractivity contribution is 6.04. The number of anilines is 2. The molecule has 0 aromatic heterocycles. The number of rotatable bonds is 2. The van der Waals surface area contributed by atoms with Gasteiger partial charge >= 0.3 is 0 Å². The highest BCUT2D eigenvalue weighted by Gasteiger charge is 2.31. The Balaban J connectivity index is 1.94.